The minimum atomic E-state index is -1.38. The normalized spacial score (nSPS) is 11.9. The predicted octanol–water partition coefficient (Wildman–Crippen LogP) is 1.95. The summed E-state index contributed by atoms with van der Waals surface area (Å²) < 4.78 is 8.38. The summed E-state index contributed by atoms with van der Waals surface area (Å²) >= 11 is 12.6. The highest BCUT2D eigenvalue weighted by atomic mass is 35.5. The first kappa shape index (κ1) is 24.3. The summed E-state index contributed by atoms with van der Waals surface area (Å²) in [7, 11) is 2.54. The molecule has 1 unspecified atom stereocenters. The van der Waals surface area contributed by atoms with Crippen molar-refractivity contribution in [3.05, 3.63) is 77.7 Å². The first-order valence-corrected chi connectivity index (χ1v) is 10.5. The molecule has 0 saturated heterocycles. The molecule has 1 atom stereocenters. The van der Waals surface area contributed by atoms with Gasteiger partial charge < -0.3 is 10.5 Å². The third-order valence-electron chi connectivity index (χ3n) is 5.16. The number of ether oxygens (including phenoxy) is 1. The summed E-state index contributed by atoms with van der Waals surface area (Å²) in [6, 6.07) is 7.11. The highest BCUT2D eigenvalue weighted by Gasteiger charge is 2.30. The van der Waals surface area contributed by atoms with Crippen LogP contribution in [0.3, 0.4) is 0 Å². The minimum absolute atomic E-state index is 0.00889. The van der Waals surface area contributed by atoms with Crippen molar-refractivity contribution in [1.29, 1.82) is 0 Å². The van der Waals surface area contributed by atoms with Crippen molar-refractivity contribution in [2.75, 3.05) is 5.73 Å². The molecule has 3 rings (SSSR count). The molecule has 10 nitrogen and oxygen atoms in total. The van der Waals surface area contributed by atoms with E-state index in [2.05, 4.69) is 5.10 Å². The number of aryl methyl sites for hydroxylation is 1. The number of anilines is 1. The summed E-state index contributed by atoms with van der Waals surface area (Å²) in [4.78, 5) is 50.1. The zero-order valence-electron chi connectivity index (χ0n) is 18.3. The molecule has 0 aliphatic carbocycles. The van der Waals surface area contributed by atoms with Crippen molar-refractivity contribution in [2.24, 2.45) is 14.1 Å². The molecule has 0 aliphatic heterocycles. The Morgan fingerprint density at radius 3 is 2.39 bits per heavy atom. The lowest BCUT2D eigenvalue weighted by Gasteiger charge is -2.15. The molecule has 0 spiro atoms. The van der Waals surface area contributed by atoms with Crippen molar-refractivity contribution in [1.82, 2.24) is 18.9 Å². The lowest BCUT2D eigenvalue weighted by Crippen LogP contribution is -2.43. The second kappa shape index (κ2) is 9.24. The van der Waals surface area contributed by atoms with Crippen molar-refractivity contribution in [3.8, 4) is 0 Å². The molecule has 2 N–H and O–H groups in total. The summed E-state index contributed by atoms with van der Waals surface area (Å²) in [6.45, 7) is 3.08. The van der Waals surface area contributed by atoms with E-state index in [1.54, 1.807) is 25.1 Å². The second-order valence-corrected chi connectivity index (χ2v) is 8.14. The Morgan fingerprint density at radius 2 is 1.76 bits per heavy atom. The van der Waals surface area contributed by atoms with E-state index < -0.39 is 34.7 Å². The summed E-state index contributed by atoms with van der Waals surface area (Å²) in [5, 5.41) is 4.79. The molecule has 0 fully saturated rings. The number of rotatable bonds is 6. The second-order valence-electron chi connectivity index (χ2n) is 7.38. The Kier molecular flexibility index (Phi) is 6.80. The highest BCUT2D eigenvalue weighted by molar-refractivity contribution is 6.33. The Bertz CT molecular complexity index is 1390. The fourth-order valence-corrected chi connectivity index (χ4v) is 3.75. The number of aromatic nitrogens is 4. The number of esters is 1. The van der Waals surface area contributed by atoms with Crippen LogP contribution in [0.1, 0.15) is 38.9 Å². The third-order valence-corrected chi connectivity index (χ3v) is 5.91. The average molecular weight is 494 g/mol. The molecule has 1 aromatic carbocycles. The number of Topliss-reactive ketones (excluding diaryl/α,β-unsaturated/α-hetero) is 1. The van der Waals surface area contributed by atoms with E-state index in [1.807, 2.05) is 6.07 Å². The van der Waals surface area contributed by atoms with Gasteiger partial charge in [0, 0.05) is 19.1 Å². The van der Waals surface area contributed by atoms with Crippen LogP contribution in [0, 0.1) is 6.92 Å². The molecule has 0 bridgehead atoms. The SMILES string of the molecule is Cc1nn(Cc2ccccc2Cl)c(Cl)c1C(=O)OC(C)C(=O)c1c(N)n(C)c(=O)n(C)c1=O. The van der Waals surface area contributed by atoms with Gasteiger partial charge in [-0.2, -0.15) is 5.10 Å². The van der Waals surface area contributed by atoms with E-state index in [4.69, 9.17) is 33.7 Å². The van der Waals surface area contributed by atoms with E-state index in [1.165, 1.54) is 25.7 Å². The van der Waals surface area contributed by atoms with Gasteiger partial charge in [-0.15, -0.1) is 0 Å². The number of hydrogen-bond donors (Lipinski definition) is 1. The largest absolute Gasteiger partial charge is 0.451 e. The molecule has 0 saturated carbocycles. The van der Waals surface area contributed by atoms with Crippen LogP contribution in [0.2, 0.25) is 10.2 Å². The Morgan fingerprint density at radius 1 is 1.12 bits per heavy atom. The standard InChI is InChI=1S/C21H21Cl2N5O5/c1-10-14(17(23)28(25-10)9-12-7-5-6-8-13(12)22)20(31)33-11(2)16(29)15-18(24)26(3)21(32)27(4)19(15)30/h5-8,11H,9,24H2,1-4H3. The molecule has 33 heavy (non-hydrogen) atoms. The van der Waals surface area contributed by atoms with Crippen molar-refractivity contribution in [2.45, 2.75) is 26.5 Å². The Hall–Kier alpha value is -3.37. The van der Waals surface area contributed by atoms with Crippen molar-refractivity contribution in [3.63, 3.8) is 0 Å². The van der Waals surface area contributed by atoms with Crippen LogP contribution in [0.5, 0.6) is 0 Å². The van der Waals surface area contributed by atoms with Crippen molar-refractivity contribution >= 4 is 40.8 Å². The first-order chi connectivity index (χ1) is 15.5. The van der Waals surface area contributed by atoms with E-state index in [9.17, 15) is 19.2 Å². The van der Waals surface area contributed by atoms with Gasteiger partial charge in [0.2, 0.25) is 5.78 Å². The minimum Gasteiger partial charge on any atom is -0.451 e. The number of nitrogens with zero attached hydrogens (tertiary/aromatic N) is 4. The van der Waals surface area contributed by atoms with Gasteiger partial charge in [0.25, 0.3) is 5.56 Å². The van der Waals surface area contributed by atoms with Gasteiger partial charge in [-0.1, -0.05) is 41.4 Å². The summed E-state index contributed by atoms with van der Waals surface area (Å²) in [5.74, 6) is -2.07. The van der Waals surface area contributed by atoms with Gasteiger partial charge in [0.05, 0.1) is 12.2 Å². The van der Waals surface area contributed by atoms with Crippen LogP contribution < -0.4 is 17.0 Å². The fraction of sp³-hybridized carbons (Fsp3) is 0.286. The van der Waals surface area contributed by atoms with Crippen LogP contribution in [0.4, 0.5) is 5.82 Å². The third kappa shape index (κ3) is 4.44. The monoisotopic (exact) mass is 493 g/mol. The van der Waals surface area contributed by atoms with Gasteiger partial charge in [-0.05, 0) is 25.5 Å². The maximum absolute atomic E-state index is 12.9. The smallest absolute Gasteiger partial charge is 0.343 e. The van der Waals surface area contributed by atoms with Gasteiger partial charge in [-0.25, -0.2) is 14.3 Å². The topological polar surface area (TPSA) is 131 Å². The van der Waals surface area contributed by atoms with E-state index in [0.29, 0.717) is 5.02 Å². The molecule has 0 amide bonds. The molecule has 0 aliphatic rings. The number of carbonyl (C=O) groups is 2. The summed E-state index contributed by atoms with van der Waals surface area (Å²) in [6.07, 6.45) is -1.38. The van der Waals surface area contributed by atoms with Crippen LogP contribution in [-0.4, -0.2) is 36.8 Å². The summed E-state index contributed by atoms with van der Waals surface area (Å²) in [5.41, 5.74) is 4.80. The van der Waals surface area contributed by atoms with E-state index >= 15 is 0 Å². The van der Waals surface area contributed by atoms with Crippen LogP contribution in [0.15, 0.2) is 33.9 Å². The molecule has 0 radical (unpaired) electrons. The van der Waals surface area contributed by atoms with Crippen LogP contribution >= 0.6 is 23.2 Å². The van der Waals surface area contributed by atoms with Crippen LogP contribution in [0.25, 0.3) is 0 Å². The highest BCUT2D eigenvalue weighted by Crippen LogP contribution is 2.24. The number of carbonyl (C=O) groups excluding carboxylic acids is 2. The lowest BCUT2D eigenvalue weighted by atomic mass is 10.1. The molecule has 3 aromatic rings. The number of nitrogen functional groups attached to an aromatic ring is 1. The molecule has 2 heterocycles. The maximum atomic E-state index is 12.9. The van der Waals surface area contributed by atoms with Gasteiger partial charge in [0.1, 0.15) is 22.1 Å². The van der Waals surface area contributed by atoms with Gasteiger partial charge >= 0.3 is 11.7 Å². The number of benzene rings is 1. The van der Waals surface area contributed by atoms with E-state index in [-0.39, 0.29) is 28.8 Å². The Balaban J connectivity index is 1.87. The quantitative estimate of drug-likeness (QED) is 0.409. The van der Waals surface area contributed by atoms with Gasteiger partial charge in [-0.3, -0.25) is 18.7 Å². The number of halogens is 2. The zero-order valence-corrected chi connectivity index (χ0v) is 19.8. The molecule has 2 aromatic heterocycles. The predicted molar refractivity (Wildman–Crippen MR) is 123 cm³/mol. The maximum Gasteiger partial charge on any atom is 0.343 e. The van der Waals surface area contributed by atoms with E-state index in [0.717, 1.165) is 14.7 Å². The average Bonchev–Trinajstić information content (AvgIpc) is 3.05. The van der Waals surface area contributed by atoms with Crippen molar-refractivity contribution < 1.29 is 14.3 Å². The van der Waals surface area contributed by atoms with Crippen LogP contribution in [-0.2, 0) is 25.4 Å². The molecular formula is C21H21Cl2N5O5. The lowest BCUT2D eigenvalue weighted by molar-refractivity contribution is 0.0317. The molecule has 12 heteroatoms. The number of ketones is 1. The first-order valence-electron chi connectivity index (χ1n) is 9.72. The molecular weight excluding hydrogens is 473 g/mol. The Labute approximate surface area is 198 Å². The molecule has 174 valence electrons. The number of nitrogens with two attached hydrogens (primary N) is 1. The fourth-order valence-electron chi connectivity index (χ4n) is 3.25. The number of hydrogen-bond acceptors (Lipinski definition) is 7. The zero-order chi connectivity index (χ0) is 24.6. The van der Waals surface area contributed by atoms with Gasteiger partial charge in [0.15, 0.2) is 6.10 Å².